The van der Waals surface area contributed by atoms with Crippen molar-refractivity contribution in [2.75, 3.05) is 10.5 Å². The molecule has 1 unspecified atom stereocenters. The highest BCUT2D eigenvalue weighted by Crippen LogP contribution is 2.26. The summed E-state index contributed by atoms with van der Waals surface area (Å²) in [4.78, 5) is 11.4. The van der Waals surface area contributed by atoms with Gasteiger partial charge in [0.15, 0.2) is 5.82 Å². The summed E-state index contributed by atoms with van der Waals surface area (Å²) in [5.74, 6) is -0.569. The number of hydrogen-bond acceptors (Lipinski definition) is 4. The van der Waals surface area contributed by atoms with Crippen LogP contribution >= 0.6 is 0 Å². The molecule has 0 saturated carbocycles. The van der Waals surface area contributed by atoms with Crippen molar-refractivity contribution in [2.45, 2.75) is 19.1 Å². The quantitative estimate of drug-likeness (QED) is 0.662. The predicted octanol–water partition coefficient (Wildman–Crippen LogP) is 1.24. The Hall–Kier alpha value is -2.35. The van der Waals surface area contributed by atoms with E-state index in [1.807, 2.05) is 13.8 Å². The van der Waals surface area contributed by atoms with Gasteiger partial charge in [-0.05, 0) is 26.0 Å². The number of nitrogen functional groups attached to an aromatic ring is 1. The third kappa shape index (κ3) is 3.22. The van der Waals surface area contributed by atoms with Gasteiger partial charge in [0.25, 0.3) is 5.91 Å². The number of rotatable bonds is 5. The average Bonchev–Trinajstić information content (AvgIpc) is 2.81. The molecular weight excluding hydrogens is 290 g/mol. The molecule has 0 radical (unpaired) electrons. The van der Waals surface area contributed by atoms with Crippen molar-refractivity contribution in [3.63, 3.8) is 0 Å². The topological polar surface area (TPSA) is 127 Å². The third-order valence-corrected chi connectivity index (χ3v) is 4.15. The van der Waals surface area contributed by atoms with E-state index in [0.717, 1.165) is 5.69 Å². The number of nitrogens with two attached hydrogens (primary N) is 2. The second-order valence-electron chi connectivity index (χ2n) is 4.75. The Morgan fingerprint density at radius 2 is 1.95 bits per heavy atom. The fourth-order valence-corrected chi connectivity index (χ4v) is 2.36. The predicted molar refractivity (Wildman–Crippen MR) is 83.9 cm³/mol. The number of primary amides is 1. The second kappa shape index (κ2) is 5.96. The Labute approximate surface area is 124 Å². The molecule has 0 aliphatic heterocycles. The number of nitrogens with one attached hydrogen (secondary N) is 2. The number of carbonyl (C=O) groups excluding carboxylic acids is 1. The summed E-state index contributed by atoms with van der Waals surface area (Å²) in [6, 6.07) is 7.05. The molecule has 8 heteroatoms. The minimum Gasteiger partial charge on any atom is -0.382 e. The molecule has 7 nitrogen and oxygen atoms in total. The van der Waals surface area contributed by atoms with Gasteiger partial charge in [0.05, 0.1) is 5.69 Å². The normalized spacial score (nSPS) is 12.3. The zero-order valence-corrected chi connectivity index (χ0v) is 12.5. The Balaban J connectivity index is 2.28. The van der Waals surface area contributed by atoms with E-state index in [1.54, 1.807) is 24.3 Å². The summed E-state index contributed by atoms with van der Waals surface area (Å²) >= 11 is 0. The number of benzene rings is 1. The van der Waals surface area contributed by atoms with E-state index >= 15 is 0 Å². The molecule has 0 aliphatic rings. The van der Waals surface area contributed by atoms with E-state index in [9.17, 15) is 9.00 Å². The zero-order valence-electron chi connectivity index (χ0n) is 11.7. The van der Waals surface area contributed by atoms with Crippen LogP contribution in [0.4, 0.5) is 11.5 Å². The number of anilines is 2. The van der Waals surface area contributed by atoms with Crippen LogP contribution in [-0.4, -0.2) is 25.6 Å². The molecule has 21 heavy (non-hydrogen) atoms. The van der Waals surface area contributed by atoms with E-state index < -0.39 is 16.9 Å². The number of H-pyrrole nitrogens is 1. The lowest BCUT2D eigenvalue weighted by Gasteiger charge is -2.09. The van der Waals surface area contributed by atoms with Crippen molar-refractivity contribution in [2.24, 2.45) is 5.73 Å². The average molecular weight is 307 g/mol. The largest absolute Gasteiger partial charge is 0.382 e. The Morgan fingerprint density at radius 1 is 1.33 bits per heavy atom. The number of amides is 1. The fourth-order valence-electron chi connectivity index (χ4n) is 1.75. The van der Waals surface area contributed by atoms with Gasteiger partial charge in [0.1, 0.15) is 16.5 Å². The van der Waals surface area contributed by atoms with Crippen LogP contribution in [0.15, 0.2) is 24.3 Å². The molecule has 2 rings (SSSR count). The Bertz CT molecular complexity index is 678. The van der Waals surface area contributed by atoms with Crippen LogP contribution in [0.2, 0.25) is 0 Å². The van der Waals surface area contributed by atoms with Gasteiger partial charge in [-0.15, -0.1) is 0 Å². The third-order valence-electron chi connectivity index (χ3n) is 2.86. The molecule has 6 N–H and O–H groups in total. The first kappa shape index (κ1) is 15.0. The summed E-state index contributed by atoms with van der Waals surface area (Å²) in [7, 11) is -1.15. The van der Waals surface area contributed by atoms with Gasteiger partial charge in [-0.3, -0.25) is 9.89 Å². The summed E-state index contributed by atoms with van der Waals surface area (Å²) < 4.78 is 14.6. The van der Waals surface area contributed by atoms with Crippen LogP contribution in [0.1, 0.15) is 24.2 Å². The van der Waals surface area contributed by atoms with Crippen LogP contribution in [-0.2, 0) is 11.0 Å². The summed E-state index contributed by atoms with van der Waals surface area (Å²) in [5, 5.41) is 6.50. The SMILES string of the molecule is CC(C)S(=O)Nc1ccc(-c2[nH]nc(N)c2C(N)=O)cc1. The molecule has 0 spiro atoms. The molecule has 1 heterocycles. The minimum atomic E-state index is -1.15. The van der Waals surface area contributed by atoms with Crippen molar-refractivity contribution < 1.29 is 9.00 Å². The molecule has 1 atom stereocenters. The van der Waals surface area contributed by atoms with E-state index in [1.165, 1.54) is 0 Å². The van der Waals surface area contributed by atoms with Crippen LogP contribution in [0.3, 0.4) is 0 Å². The molecule has 0 aliphatic carbocycles. The summed E-state index contributed by atoms with van der Waals surface area (Å²) in [6.45, 7) is 3.73. The van der Waals surface area contributed by atoms with Crippen molar-refractivity contribution in [3.8, 4) is 11.3 Å². The van der Waals surface area contributed by atoms with Crippen molar-refractivity contribution >= 4 is 28.4 Å². The monoisotopic (exact) mass is 307 g/mol. The molecule has 112 valence electrons. The van der Waals surface area contributed by atoms with E-state index in [2.05, 4.69) is 14.9 Å². The lowest BCUT2D eigenvalue weighted by molar-refractivity contribution is 0.100. The maximum Gasteiger partial charge on any atom is 0.254 e. The van der Waals surface area contributed by atoms with Gasteiger partial charge in [0, 0.05) is 16.5 Å². The van der Waals surface area contributed by atoms with E-state index in [0.29, 0.717) is 11.3 Å². The number of hydrogen-bond donors (Lipinski definition) is 4. The highest BCUT2D eigenvalue weighted by atomic mass is 32.2. The van der Waals surface area contributed by atoms with E-state index in [4.69, 9.17) is 11.5 Å². The zero-order chi connectivity index (χ0) is 15.6. The molecule has 2 aromatic rings. The van der Waals surface area contributed by atoms with Gasteiger partial charge < -0.3 is 16.2 Å². The maximum atomic E-state index is 11.7. The molecule has 0 fully saturated rings. The van der Waals surface area contributed by atoms with Crippen LogP contribution in [0.5, 0.6) is 0 Å². The first-order valence-corrected chi connectivity index (χ1v) is 7.52. The van der Waals surface area contributed by atoms with Crippen LogP contribution < -0.4 is 16.2 Å². The van der Waals surface area contributed by atoms with Gasteiger partial charge in [-0.1, -0.05) is 12.1 Å². The number of nitrogens with zero attached hydrogens (tertiary/aromatic N) is 1. The minimum absolute atomic E-state index is 0.0125. The Morgan fingerprint density at radius 3 is 2.48 bits per heavy atom. The smallest absolute Gasteiger partial charge is 0.254 e. The first-order valence-electron chi connectivity index (χ1n) is 6.31. The van der Waals surface area contributed by atoms with Crippen molar-refractivity contribution in [1.82, 2.24) is 10.2 Å². The molecule has 1 aromatic carbocycles. The highest BCUT2D eigenvalue weighted by Gasteiger charge is 2.17. The summed E-state index contributed by atoms with van der Waals surface area (Å²) in [5.41, 5.74) is 13.0. The number of aromatic amines is 1. The van der Waals surface area contributed by atoms with Crippen LogP contribution in [0.25, 0.3) is 11.3 Å². The lowest BCUT2D eigenvalue weighted by Crippen LogP contribution is -2.14. The summed E-state index contributed by atoms with van der Waals surface area (Å²) in [6.07, 6.45) is 0. The molecule has 0 bridgehead atoms. The van der Waals surface area contributed by atoms with Gasteiger partial charge >= 0.3 is 0 Å². The second-order valence-corrected chi connectivity index (χ2v) is 6.49. The van der Waals surface area contributed by atoms with Crippen molar-refractivity contribution in [3.05, 3.63) is 29.8 Å². The molecule has 1 amide bonds. The maximum absolute atomic E-state index is 11.7. The number of carbonyl (C=O) groups is 1. The van der Waals surface area contributed by atoms with Crippen molar-refractivity contribution in [1.29, 1.82) is 0 Å². The van der Waals surface area contributed by atoms with Crippen LogP contribution in [0, 0.1) is 0 Å². The molecule has 0 saturated heterocycles. The van der Waals surface area contributed by atoms with Gasteiger partial charge in [-0.25, -0.2) is 4.21 Å². The standard InChI is InChI=1S/C13H17N5O2S/c1-7(2)21(20)18-9-5-3-8(4-6-9)11-10(13(15)19)12(14)17-16-11/h3-7,18H,1-2H3,(H2,15,19)(H3,14,16,17). The van der Waals surface area contributed by atoms with Gasteiger partial charge in [-0.2, -0.15) is 5.10 Å². The molecular formula is C13H17N5O2S. The number of aromatic nitrogens is 2. The highest BCUT2D eigenvalue weighted by molar-refractivity contribution is 7.86. The lowest BCUT2D eigenvalue weighted by atomic mass is 10.1. The van der Waals surface area contributed by atoms with E-state index in [-0.39, 0.29) is 16.6 Å². The fraction of sp³-hybridized carbons (Fsp3) is 0.231. The Kier molecular flexibility index (Phi) is 4.27. The molecule has 1 aromatic heterocycles. The van der Waals surface area contributed by atoms with Gasteiger partial charge in [0.2, 0.25) is 0 Å². The first-order chi connectivity index (χ1) is 9.90.